The Balaban J connectivity index is 1.83. The number of aliphatic hydroxyl groups is 1. The van der Waals surface area contributed by atoms with Crippen LogP contribution in [0.25, 0.3) is 5.76 Å². The number of anilines is 1. The maximum atomic E-state index is 13.5. The van der Waals surface area contributed by atoms with Gasteiger partial charge in [-0.2, -0.15) is 0 Å². The summed E-state index contributed by atoms with van der Waals surface area (Å²) in [4.78, 5) is 40.4. The quantitative estimate of drug-likeness (QED) is 0.157. The lowest BCUT2D eigenvalue weighted by Gasteiger charge is -2.26. The first-order valence-electron chi connectivity index (χ1n) is 13.1. The molecule has 1 heterocycles. The van der Waals surface area contributed by atoms with Crippen LogP contribution in [-0.2, 0) is 14.3 Å². The van der Waals surface area contributed by atoms with Gasteiger partial charge in [0.05, 0.1) is 37.5 Å². The molecule has 0 radical (unpaired) electrons. The van der Waals surface area contributed by atoms with E-state index >= 15 is 0 Å². The summed E-state index contributed by atoms with van der Waals surface area (Å²) in [5, 5.41) is 11.5. The molecule has 3 aromatic rings. The molecule has 8 nitrogen and oxygen atoms in total. The zero-order valence-corrected chi connectivity index (χ0v) is 23.3. The van der Waals surface area contributed by atoms with Gasteiger partial charge in [0.2, 0.25) is 0 Å². The number of ether oxygens (including phenoxy) is 3. The van der Waals surface area contributed by atoms with Gasteiger partial charge in [0.15, 0.2) is 0 Å². The number of nitrogens with zero attached hydrogens (tertiary/aromatic N) is 1. The minimum atomic E-state index is -0.944. The standard InChI is InChI=1S/C32H33NO7/c1-6-39-32(37)21-10-13-24(14-11-21)33-28(22-8-7-9-25(17-22)38-5)27(30(35)31(33)36)29(34)23-12-15-26(20(4)16-23)40-18-19(2)3/h7-17,19,28,34H,6,18H2,1-5H3/b29-27-. The van der Waals surface area contributed by atoms with E-state index in [4.69, 9.17) is 14.2 Å². The number of rotatable bonds is 9. The van der Waals surface area contributed by atoms with Crippen LogP contribution in [-0.4, -0.2) is 43.1 Å². The van der Waals surface area contributed by atoms with Gasteiger partial charge in [-0.3, -0.25) is 14.5 Å². The van der Waals surface area contributed by atoms with Gasteiger partial charge in [-0.15, -0.1) is 0 Å². The van der Waals surface area contributed by atoms with Crippen LogP contribution < -0.4 is 14.4 Å². The molecular formula is C32H33NO7. The Morgan fingerprint density at radius 2 is 1.70 bits per heavy atom. The number of ketones is 1. The molecule has 1 N–H and O–H groups in total. The van der Waals surface area contributed by atoms with Crippen molar-refractivity contribution in [1.82, 2.24) is 0 Å². The molecule has 8 heteroatoms. The summed E-state index contributed by atoms with van der Waals surface area (Å²) in [5.74, 6) is -0.853. The van der Waals surface area contributed by atoms with Crippen molar-refractivity contribution in [3.05, 3.63) is 94.6 Å². The first-order valence-corrected chi connectivity index (χ1v) is 13.1. The van der Waals surface area contributed by atoms with Crippen LogP contribution in [0.3, 0.4) is 0 Å². The molecule has 1 amide bonds. The lowest BCUT2D eigenvalue weighted by molar-refractivity contribution is -0.132. The summed E-state index contributed by atoms with van der Waals surface area (Å²) in [5.41, 5.74) is 2.39. The minimum absolute atomic E-state index is 0.0528. The molecule has 1 fully saturated rings. The number of benzene rings is 3. The highest BCUT2D eigenvalue weighted by Gasteiger charge is 2.47. The molecule has 4 rings (SSSR count). The molecular weight excluding hydrogens is 510 g/mol. The summed E-state index contributed by atoms with van der Waals surface area (Å²) in [6.07, 6.45) is 0. The lowest BCUT2D eigenvalue weighted by Crippen LogP contribution is -2.29. The predicted octanol–water partition coefficient (Wildman–Crippen LogP) is 5.84. The number of Topliss-reactive ketones (excluding diaryl/α,β-unsaturated/α-hetero) is 1. The normalized spacial score (nSPS) is 16.4. The van der Waals surface area contributed by atoms with E-state index in [2.05, 4.69) is 13.8 Å². The maximum absolute atomic E-state index is 13.5. The predicted molar refractivity (Wildman–Crippen MR) is 152 cm³/mol. The Kier molecular flexibility index (Phi) is 8.58. The minimum Gasteiger partial charge on any atom is -0.507 e. The van der Waals surface area contributed by atoms with Gasteiger partial charge >= 0.3 is 5.97 Å². The van der Waals surface area contributed by atoms with Gasteiger partial charge < -0.3 is 19.3 Å². The summed E-state index contributed by atoms with van der Waals surface area (Å²) in [6, 6.07) is 17.4. The van der Waals surface area contributed by atoms with Crippen LogP contribution >= 0.6 is 0 Å². The summed E-state index contributed by atoms with van der Waals surface area (Å²) in [7, 11) is 1.52. The lowest BCUT2D eigenvalue weighted by atomic mass is 9.94. The second-order valence-corrected chi connectivity index (χ2v) is 9.90. The fraction of sp³-hybridized carbons (Fsp3) is 0.281. The highest BCUT2D eigenvalue weighted by Crippen LogP contribution is 2.43. The van der Waals surface area contributed by atoms with E-state index in [1.165, 1.54) is 24.1 Å². The van der Waals surface area contributed by atoms with E-state index < -0.39 is 23.7 Å². The van der Waals surface area contributed by atoms with Crippen molar-refractivity contribution in [3.63, 3.8) is 0 Å². The number of methoxy groups -OCH3 is 1. The van der Waals surface area contributed by atoms with Crippen LogP contribution in [0.5, 0.6) is 11.5 Å². The molecule has 40 heavy (non-hydrogen) atoms. The number of aliphatic hydroxyl groups excluding tert-OH is 1. The highest BCUT2D eigenvalue weighted by atomic mass is 16.5. The van der Waals surface area contributed by atoms with Crippen LogP contribution in [0.4, 0.5) is 5.69 Å². The van der Waals surface area contributed by atoms with E-state index in [0.29, 0.717) is 46.4 Å². The van der Waals surface area contributed by atoms with Crippen molar-refractivity contribution in [2.75, 3.05) is 25.2 Å². The number of amides is 1. The van der Waals surface area contributed by atoms with Gasteiger partial charge in [-0.05, 0) is 85.5 Å². The first-order chi connectivity index (χ1) is 19.2. The van der Waals surface area contributed by atoms with Gasteiger partial charge in [0.1, 0.15) is 17.3 Å². The SMILES string of the molecule is CCOC(=O)c1ccc(N2C(=O)C(=O)/C(=C(\O)c3ccc(OCC(C)C)c(C)c3)C2c2cccc(OC)c2)cc1. The fourth-order valence-corrected chi connectivity index (χ4v) is 4.57. The third-order valence-corrected chi connectivity index (χ3v) is 6.53. The van der Waals surface area contributed by atoms with Crippen LogP contribution in [0.15, 0.2) is 72.3 Å². The number of esters is 1. The third kappa shape index (κ3) is 5.71. The maximum Gasteiger partial charge on any atom is 0.338 e. The molecule has 208 valence electrons. The van der Waals surface area contributed by atoms with Crippen molar-refractivity contribution >= 4 is 29.1 Å². The van der Waals surface area contributed by atoms with Crippen LogP contribution in [0, 0.1) is 12.8 Å². The zero-order valence-electron chi connectivity index (χ0n) is 23.3. The van der Waals surface area contributed by atoms with Crippen molar-refractivity contribution < 1.29 is 33.7 Å². The van der Waals surface area contributed by atoms with Crippen molar-refractivity contribution in [1.29, 1.82) is 0 Å². The van der Waals surface area contributed by atoms with E-state index in [9.17, 15) is 19.5 Å². The monoisotopic (exact) mass is 543 g/mol. The second kappa shape index (κ2) is 12.1. The van der Waals surface area contributed by atoms with Gasteiger partial charge in [0, 0.05) is 11.3 Å². The summed E-state index contributed by atoms with van der Waals surface area (Å²) >= 11 is 0. The highest BCUT2D eigenvalue weighted by molar-refractivity contribution is 6.51. The second-order valence-electron chi connectivity index (χ2n) is 9.90. The van der Waals surface area contributed by atoms with Gasteiger partial charge in [-0.25, -0.2) is 4.79 Å². The summed E-state index contributed by atoms with van der Waals surface area (Å²) in [6.45, 7) is 8.45. The average Bonchev–Trinajstić information content (AvgIpc) is 3.22. The van der Waals surface area contributed by atoms with Crippen molar-refractivity contribution in [3.8, 4) is 11.5 Å². The van der Waals surface area contributed by atoms with E-state index in [-0.39, 0.29) is 17.9 Å². The van der Waals surface area contributed by atoms with Gasteiger partial charge in [-0.1, -0.05) is 26.0 Å². The van der Waals surface area contributed by atoms with E-state index in [0.717, 1.165) is 5.56 Å². The Morgan fingerprint density at radius 3 is 2.33 bits per heavy atom. The largest absolute Gasteiger partial charge is 0.507 e. The summed E-state index contributed by atoms with van der Waals surface area (Å²) < 4.78 is 16.3. The Hall–Kier alpha value is -4.59. The molecule has 0 aromatic heterocycles. The molecule has 1 saturated heterocycles. The number of carbonyl (C=O) groups is 3. The molecule has 1 aliphatic heterocycles. The molecule has 0 aliphatic carbocycles. The van der Waals surface area contributed by atoms with E-state index in [1.807, 2.05) is 6.92 Å². The molecule has 0 spiro atoms. The molecule has 1 atom stereocenters. The smallest absolute Gasteiger partial charge is 0.338 e. The molecule has 1 unspecified atom stereocenters. The number of aryl methyl sites for hydroxylation is 1. The average molecular weight is 544 g/mol. The Labute approximate surface area is 233 Å². The number of carbonyl (C=O) groups excluding carboxylic acids is 3. The van der Waals surface area contributed by atoms with Crippen LogP contribution in [0.1, 0.15) is 53.9 Å². The first kappa shape index (κ1) is 28.4. The van der Waals surface area contributed by atoms with Crippen molar-refractivity contribution in [2.45, 2.75) is 33.7 Å². The fourth-order valence-electron chi connectivity index (χ4n) is 4.57. The number of hydrogen-bond donors (Lipinski definition) is 1. The van der Waals surface area contributed by atoms with Gasteiger partial charge in [0.25, 0.3) is 11.7 Å². The molecule has 0 bridgehead atoms. The Morgan fingerprint density at radius 1 is 1.00 bits per heavy atom. The van der Waals surface area contributed by atoms with Crippen molar-refractivity contribution in [2.24, 2.45) is 5.92 Å². The molecule has 0 saturated carbocycles. The third-order valence-electron chi connectivity index (χ3n) is 6.53. The zero-order chi connectivity index (χ0) is 29.0. The topological polar surface area (TPSA) is 102 Å². The number of hydrogen-bond acceptors (Lipinski definition) is 7. The van der Waals surface area contributed by atoms with E-state index in [1.54, 1.807) is 61.5 Å². The molecule has 1 aliphatic rings. The molecule has 3 aromatic carbocycles. The van der Waals surface area contributed by atoms with Crippen LogP contribution in [0.2, 0.25) is 0 Å². The Bertz CT molecular complexity index is 1460.